The van der Waals surface area contributed by atoms with Crippen LogP contribution in [0.2, 0.25) is 0 Å². The zero-order valence-corrected chi connectivity index (χ0v) is 19.3. The summed E-state index contributed by atoms with van der Waals surface area (Å²) >= 11 is 0. The molecule has 0 atom stereocenters. The molecule has 0 N–H and O–H groups in total. The fourth-order valence-corrected chi connectivity index (χ4v) is 4.47. The van der Waals surface area contributed by atoms with Crippen molar-refractivity contribution in [2.75, 3.05) is 0 Å². The summed E-state index contributed by atoms with van der Waals surface area (Å²) in [5.41, 5.74) is 9.20. The number of aromatic nitrogens is 2. The molecule has 4 rings (SSSR count). The second-order valence-corrected chi connectivity index (χ2v) is 9.25. The van der Waals surface area contributed by atoms with Crippen LogP contribution in [0.5, 0.6) is 0 Å². The van der Waals surface area contributed by atoms with E-state index < -0.39 is 0 Å². The van der Waals surface area contributed by atoms with Gasteiger partial charge in [0.1, 0.15) is 7.05 Å². The Bertz CT molecular complexity index is 1230. The molecule has 3 heterocycles. The Morgan fingerprint density at radius 1 is 1.03 bits per heavy atom. The largest absolute Gasteiger partial charge is 0.437 e. The van der Waals surface area contributed by atoms with Gasteiger partial charge in [-0.15, -0.1) is 0 Å². The lowest BCUT2D eigenvalue weighted by atomic mass is 9.91. The van der Waals surface area contributed by atoms with Gasteiger partial charge in [-0.1, -0.05) is 46.8 Å². The summed E-state index contributed by atoms with van der Waals surface area (Å²) in [7, 11) is 2.15. The molecule has 0 aliphatic rings. The average Bonchev–Trinajstić information content (AvgIpc) is 3.06. The summed E-state index contributed by atoms with van der Waals surface area (Å²) in [6, 6.07) is 11.0. The molecule has 3 aromatic heterocycles. The molecule has 0 saturated carbocycles. The Labute approximate surface area is 179 Å². The molecule has 0 aliphatic carbocycles. The molecule has 156 valence electrons. The van der Waals surface area contributed by atoms with Crippen LogP contribution >= 0.6 is 0 Å². The highest BCUT2D eigenvalue weighted by Gasteiger charge is 2.24. The number of pyridine rings is 2. The number of hydrogen-bond donors (Lipinski definition) is 0. The van der Waals surface area contributed by atoms with Gasteiger partial charge in [-0.2, -0.15) is 0 Å². The molecule has 3 heteroatoms. The summed E-state index contributed by atoms with van der Waals surface area (Å²) < 4.78 is 8.65. The zero-order chi connectivity index (χ0) is 21.6. The van der Waals surface area contributed by atoms with Gasteiger partial charge in [-0.3, -0.25) is 0 Å². The SMILES string of the molecule is CCc1ccc2c(n1)oc1c(-c3cc(CC(C)C)c(C(C)C)c[n+]3C)c(C)ccc12. The Hall–Kier alpha value is -2.68. The van der Waals surface area contributed by atoms with Crippen molar-refractivity contribution in [3.05, 3.63) is 58.9 Å². The van der Waals surface area contributed by atoms with Crippen LogP contribution in [-0.2, 0) is 19.9 Å². The van der Waals surface area contributed by atoms with E-state index in [9.17, 15) is 0 Å². The van der Waals surface area contributed by atoms with Gasteiger partial charge in [0.25, 0.3) is 0 Å². The topological polar surface area (TPSA) is 29.9 Å². The fraction of sp³-hybridized carbons (Fsp3) is 0.407. The summed E-state index contributed by atoms with van der Waals surface area (Å²) in [5.74, 6) is 1.11. The minimum absolute atomic E-state index is 0.499. The van der Waals surface area contributed by atoms with Gasteiger partial charge in [-0.25, -0.2) is 9.55 Å². The molecule has 0 saturated heterocycles. The molecule has 0 bridgehead atoms. The van der Waals surface area contributed by atoms with Crippen molar-refractivity contribution in [2.45, 2.75) is 60.3 Å². The quantitative estimate of drug-likeness (QED) is 0.350. The molecule has 3 nitrogen and oxygen atoms in total. The fourth-order valence-electron chi connectivity index (χ4n) is 4.47. The maximum absolute atomic E-state index is 6.39. The Kier molecular flexibility index (Phi) is 5.40. The van der Waals surface area contributed by atoms with Crippen LogP contribution in [0.3, 0.4) is 0 Å². The van der Waals surface area contributed by atoms with Crippen molar-refractivity contribution >= 4 is 22.1 Å². The van der Waals surface area contributed by atoms with Crippen molar-refractivity contribution in [2.24, 2.45) is 13.0 Å². The van der Waals surface area contributed by atoms with Crippen molar-refractivity contribution in [3.8, 4) is 11.3 Å². The third kappa shape index (κ3) is 3.51. The van der Waals surface area contributed by atoms with Crippen molar-refractivity contribution < 1.29 is 8.98 Å². The molecule has 1 aromatic carbocycles. The second-order valence-electron chi connectivity index (χ2n) is 9.25. The first-order valence-electron chi connectivity index (χ1n) is 11.1. The van der Waals surface area contributed by atoms with Gasteiger partial charge in [0.05, 0.1) is 5.56 Å². The minimum Gasteiger partial charge on any atom is -0.437 e. The monoisotopic (exact) mass is 401 g/mol. The Balaban J connectivity index is 2.01. The summed E-state index contributed by atoms with van der Waals surface area (Å²) in [4.78, 5) is 4.74. The van der Waals surface area contributed by atoms with Gasteiger partial charge in [0.15, 0.2) is 11.8 Å². The summed E-state index contributed by atoms with van der Waals surface area (Å²) in [6.45, 7) is 13.4. The van der Waals surface area contributed by atoms with E-state index >= 15 is 0 Å². The Morgan fingerprint density at radius 3 is 2.43 bits per heavy atom. The van der Waals surface area contributed by atoms with Crippen molar-refractivity contribution in [3.63, 3.8) is 0 Å². The average molecular weight is 402 g/mol. The molecule has 0 spiro atoms. The number of aryl methyl sites for hydroxylation is 3. The van der Waals surface area contributed by atoms with E-state index in [-0.39, 0.29) is 0 Å². The smallest absolute Gasteiger partial charge is 0.227 e. The maximum atomic E-state index is 6.39. The van der Waals surface area contributed by atoms with Gasteiger partial charge in [-0.05, 0) is 54.9 Å². The molecule has 0 amide bonds. The molecule has 4 aromatic rings. The van der Waals surface area contributed by atoms with Gasteiger partial charge >= 0.3 is 0 Å². The van der Waals surface area contributed by atoms with Crippen LogP contribution in [0.1, 0.15) is 62.9 Å². The van der Waals surface area contributed by atoms with E-state index in [0.29, 0.717) is 11.8 Å². The van der Waals surface area contributed by atoms with Crippen LogP contribution in [-0.4, -0.2) is 4.98 Å². The second kappa shape index (κ2) is 7.86. The zero-order valence-electron chi connectivity index (χ0n) is 19.3. The molecule has 30 heavy (non-hydrogen) atoms. The number of benzene rings is 1. The van der Waals surface area contributed by atoms with Gasteiger partial charge < -0.3 is 4.42 Å². The highest BCUT2D eigenvalue weighted by Crippen LogP contribution is 2.37. The van der Waals surface area contributed by atoms with Crippen LogP contribution in [0.25, 0.3) is 33.3 Å². The molecule has 0 radical (unpaired) electrons. The predicted molar refractivity (Wildman–Crippen MR) is 125 cm³/mol. The number of fused-ring (bicyclic) bond motifs is 3. The van der Waals surface area contributed by atoms with E-state index in [1.807, 2.05) is 0 Å². The van der Waals surface area contributed by atoms with E-state index in [2.05, 4.69) is 89.7 Å². The minimum atomic E-state index is 0.499. The van der Waals surface area contributed by atoms with Crippen molar-refractivity contribution in [1.82, 2.24) is 4.98 Å². The lowest BCUT2D eigenvalue weighted by molar-refractivity contribution is -0.660. The first-order valence-corrected chi connectivity index (χ1v) is 11.1. The third-order valence-corrected chi connectivity index (χ3v) is 6.04. The van der Waals surface area contributed by atoms with Crippen LogP contribution in [0.15, 0.2) is 40.9 Å². The number of rotatable bonds is 5. The van der Waals surface area contributed by atoms with Crippen LogP contribution in [0, 0.1) is 12.8 Å². The highest BCUT2D eigenvalue weighted by molar-refractivity contribution is 6.08. The molecule has 0 aliphatic heterocycles. The first-order chi connectivity index (χ1) is 14.3. The maximum Gasteiger partial charge on any atom is 0.227 e. The van der Waals surface area contributed by atoms with Gasteiger partial charge in [0, 0.05) is 28.1 Å². The summed E-state index contributed by atoms with van der Waals surface area (Å²) in [6.07, 6.45) is 4.30. The van der Waals surface area contributed by atoms with E-state index in [4.69, 9.17) is 9.40 Å². The molecular weight excluding hydrogens is 368 g/mol. The normalized spacial score (nSPS) is 12.0. The number of hydrogen-bond acceptors (Lipinski definition) is 2. The predicted octanol–water partition coefficient (Wildman–Crippen LogP) is 6.67. The first kappa shape index (κ1) is 20.6. The molecule has 0 unspecified atom stereocenters. The highest BCUT2D eigenvalue weighted by atomic mass is 16.3. The van der Waals surface area contributed by atoms with Crippen molar-refractivity contribution in [1.29, 1.82) is 0 Å². The van der Waals surface area contributed by atoms with Crippen LogP contribution in [0.4, 0.5) is 0 Å². The Morgan fingerprint density at radius 2 is 1.77 bits per heavy atom. The lowest BCUT2D eigenvalue weighted by Crippen LogP contribution is -2.32. The molecule has 0 fully saturated rings. The summed E-state index contributed by atoms with van der Waals surface area (Å²) in [5, 5.41) is 2.23. The van der Waals surface area contributed by atoms with E-state index in [0.717, 1.165) is 40.6 Å². The standard InChI is InChI=1S/C27H33N2O/c1-8-20-10-12-22-21-11-9-18(6)25(26(21)30-27(22)28-20)24-14-19(13-16(2)3)23(17(4)5)15-29(24)7/h9-12,14-17H,8,13H2,1-7H3/q+1. The van der Waals surface area contributed by atoms with E-state index in [1.54, 1.807) is 0 Å². The number of nitrogens with zero attached hydrogens (tertiary/aromatic N) is 2. The van der Waals surface area contributed by atoms with E-state index in [1.165, 1.54) is 27.9 Å². The van der Waals surface area contributed by atoms with Crippen LogP contribution < -0.4 is 4.57 Å². The molecular formula is C27H33N2O+. The third-order valence-electron chi connectivity index (χ3n) is 6.04. The lowest BCUT2D eigenvalue weighted by Gasteiger charge is -2.15. The number of furan rings is 1. The van der Waals surface area contributed by atoms with Gasteiger partial charge in [0.2, 0.25) is 11.4 Å².